The van der Waals surface area contributed by atoms with E-state index < -0.39 is 17.4 Å². The smallest absolute Gasteiger partial charge is 0.276 e. The number of nitrogens with one attached hydrogen (secondary N) is 2. The van der Waals surface area contributed by atoms with Gasteiger partial charge in [0.25, 0.3) is 11.5 Å². The summed E-state index contributed by atoms with van der Waals surface area (Å²) in [4.78, 5) is 36.6. The summed E-state index contributed by atoms with van der Waals surface area (Å²) < 4.78 is 0.968. The maximum Gasteiger partial charge on any atom is 0.276 e. The Kier molecular flexibility index (Phi) is 5.96. The van der Waals surface area contributed by atoms with Crippen molar-refractivity contribution in [1.29, 1.82) is 0 Å². The standard InChI is InChI=1S/C21H20N4O3/c1-2-15-8-10-17(11-9-15)22-19(26)14-25-20(27)13-12-18(24-25)21(28)23-16-6-4-3-5-7-16/h3-13H,2,14H2,1H3,(H,22,26)(H,23,28). The molecule has 2 aromatic carbocycles. The van der Waals surface area contributed by atoms with Gasteiger partial charge in [-0.1, -0.05) is 37.3 Å². The van der Waals surface area contributed by atoms with Crippen molar-refractivity contribution >= 4 is 23.2 Å². The molecule has 2 N–H and O–H groups in total. The number of carbonyl (C=O) groups is 2. The average molecular weight is 376 g/mol. The number of anilines is 2. The highest BCUT2D eigenvalue weighted by Crippen LogP contribution is 2.10. The summed E-state index contributed by atoms with van der Waals surface area (Å²) in [6, 6.07) is 18.9. The van der Waals surface area contributed by atoms with Crippen molar-refractivity contribution in [3.8, 4) is 0 Å². The monoisotopic (exact) mass is 376 g/mol. The molecule has 0 aliphatic rings. The van der Waals surface area contributed by atoms with Gasteiger partial charge in [0.15, 0.2) is 0 Å². The molecule has 1 heterocycles. The SMILES string of the molecule is CCc1ccc(NC(=O)Cn2nc(C(=O)Nc3ccccc3)ccc2=O)cc1. The predicted octanol–water partition coefficient (Wildman–Crippen LogP) is 2.70. The Bertz CT molecular complexity index is 1030. The Morgan fingerprint density at radius 3 is 2.25 bits per heavy atom. The van der Waals surface area contributed by atoms with Crippen LogP contribution in [-0.2, 0) is 17.8 Å². The number of para-hydroxylation sites is 1. The number of amides is 2. The maximum absolute atomic E-state index is 12.3. The second-order valence-corrected chi connectivity index (χ2v) is 6.13. The number of hydrogen-bond donors (Lipinski definition) is 2. The van der Waals surface area contributed by atoms with Crippen LogP contribution < -0.4 is 16.2 Å². The Morgan fingerprint density at radius 2 is 1.57 bits per heavy atom. The van der Waals surface area contributed by atoms with Gasteiger partial charge < -0.3 is 10.6 Å². The lowest BCUT2D eigenvalue weighted by Gasteiger charge is -2.09. The van der Waals surface area contributed by atoms with E-state index >= 15 is 0 Å². The number of rotatable bonds is 6. The molecular weight excluding hydrogens is 356 g/mol. The normalized spacial score (nSPS) is 10.3. The Balaban J connectivity index is 1.69. The zero-order chi connectivity index (χ0) is 19.9. The third-order valence-corrected chi connectivity index (χ3v) is 4.07. The van der Waals surface area contributed by atoms with Crippen LogP contribution in [0.4, 0.5) is 11.4 Å². The minimum Gasteiger partial charge on any atom is -0.324 e. The van der Waals surface area contributed by atoms with Crippen LogP contribution >= 0.6 is 0 Å². The summed E-state index contributed by atoms with van der Waals surface area (Å²) in [6.07, 6.45) is 0.908. The van der Waals surface area contributed by atoms with E-state index in [-0.39, 0.29) is 12.2 Å². The number of nitrogens with zero attached hydrogens (tertiary/aromatic N) is 2. The lowest BCUT2D eigenvalue weighted by atomic mass is 10.1. The zero-order valence-corrected chi connectivity index (χ0v) is 15.4. The predicted molar refractivity (Wildman–Crippen MR) is 107 cm³/mol. The van der Waals surface area contributed by atoms with Crippen molar-refractivity contribution in [1.82, 2.24) is 9.78 Å². The number of hydrogen-bond acceptors (Lipinski definition) is 4. The molecule has 1 aromatic heterocycles. The first-order valence-corrected chi connectivity index (χ1v) is 8.88. The van der Waals surface area contributed by atoms with Crippen LogP contribution in [0.2, 0.25) is 0 Å². The van der Waals surface area contributed by atoms with Gasteiger partial charge >= 0.3 is 0 Å². The lowest BCUT2D eigenvalue weighted by Crippen LogP contribution is -2.31. The highest BCUT2D eigenvalue weighted by Gasteiger charge is 2.12. The summed E-state index contributed by atoms with van der Waals surface area (Å²) >= 11 is 0. The fourth-order valence-electron chi connectivity index (χ4n) is 2.56. The van der Waals surface area contributed by atoms with Crippen LogP contribution in [0.25, 0.3) is 0 Å². The van der Waals surface area contributed by atoms with E-state index in [1.165, 1.54) is 12.1 Å². The van der Waals surface area contributed by atoms with Crippen molar-refractivity contribution < 1.29 is 9.59 Å². The van der Waals surface area contributed by atoms with Crippen LogP contribution in [0.3, 0.4) is 0 Å². The van der Waals surface area contributed by atoms with Gasteiger partial charge in [-0.15, -0.1) is 0 Å². The van der Waals surface area contributed by atoms with Gasteiger partial charge in [-0.05, 0) is 42.3 Å². The van der Waals surface area contributed by atoms with Gasteiger partial charge in [0, 0.05) is 17.4 Å². The zero-order valence-electron chi connectivity index (χ0n) is 15.4. The summed E-state index contributed by atoms with van der Waals surface area (Å²) in [7, 11) is 0. The molecule has 0 aliphatic carbocycles. The summed E-state index contributed by atoms with van der Waals surface area (Å²) in [5, 5.41) is 9.42. The van der Waals surface area contributed by atoms with Crippen LogP contribution in [-0.4, -0.2) is 21.6 Å². The molecule has 142 valence electrons. The first-order valence-electron chi connectivity index (χ1n) is 8.88. The highest BCUT2D eigenvalue weighted by molar-refractivity contribution is 6.02. The summed E-state index contributed by atoms with van der Waals surface area (Å²) in [5.74, 6) is -0.866. The molecule has 0 radical (unpaired) electrons. The van der Waals surface area contributed by atoms with Gasteiger partial charge in [-0.3, -0.25) is 14.4 Å². The van der Waals surface area contributed by atoms with Gasteiger partial charge in [-0.2, -0.15) is 5.10 Å². The molecule has 7 nitrogen and oxygen atoms in total. The van der Waals surface area contributed by atoms with Crippen molar-refractivity contribution in [2.24, 2.45) is 0 Å². The number of aryl methyl sites for hydroxylation is 1. The van der Waals surface area contributed by atoms with E-state index in [1.54, 1.807) is 36.4 Å². The summed E-state index contributed by atoms with van der Waals surface area (Å²) in [6.45, 7) is 1.76. The van der Waals surface area contributed by atoms with Gasteiger partial charge in [0.1, 0.15) is 12.2 Å². The molecule has 0 saturated carbocycles. The molecular formula is C21H20N4O3. The van der Waals surface area contributed by atoms with Crippen LogP contribution in [0, 0.1) is 0 Å². The third kappa shape index (κ3) is 4.91. The molecule has 0 unspecified atom stereocenters. The highest BCUT2D eigenvalue weighted by atomic mass is 16.2. The van der Waals surface area contributed by atoms with Crippen molar-refractivity contribution in [2.75, 3.05) is 10.6 Å². The molecule has 0 spiro atoms. The summed E-state index contributed by atoms with van der Waals surface area (Å²) in [5.41, 5.74) is 1.98. The number of carbonyl (C=O) groups excluding carboxylic acids is 2. The maximum atomic E-state index is 12.3. The van der Waals surface area contributed by atoms with Crippen molar-refractivity contribution in [3.63, 3.8) is 0 Å². The Labute approximate surface area is 162 Å². The molecule has 0 saturated heterocycles. The Hall–Kier alpha value is -3.74. The minimum atomic E-state index is -0.465. The van der Waals surface area contributed by atoms with E-state index in [0.29, 0.717) is 11.4 Å². The molecule has 0 bridgehead atoms. The molecule has 2 amide bonds. The molecule has 0 fully saturated rings. The fraction of sp³-hybridized carbons (Fsp3) is 0.143. The van der Waals surface area contributed by atoms with E-state index in [0.717, 1.165) is 16.7 Å². The van der Waals surface area contributed by atoms with Crippen molar-refractivity contribution in [2.45, 2.75) is 19.9 Å². The quantitative estimate of drug-likeness (QED) is 0.692. The van der Waals surface area contributed by atoms with E-state index in [9.17, 15) is 14.4 Å². The minimum absolute atomic E-state index is 0.0450. The van der Waals surface area contributed by atoms with E-state index in [2.05, 4.69) is 15.7 Å². The van der Waals surface area contributed by atoms with E-state index in [4.69, 9.17) is 0 Å². The molecule has 28 heavy (non-hydrogen) atoms. The largest absolute Gasteiger partial charge is 0.324 e. The number of aromatic nitrogens is 2. The molecule has 3 rings (SSSR count). The first-order chi connectivity index (χ1) is 13.5. The first kappa shape index (κ1) is 19.0. The second-order valence-electron chi connectivity index (χ2n) is 6.13. The van der Waals surface area contributed by atoms with Crippen LogP contribution in [0.5, 0.6) is 0 Å². The molecule has 0 aliphatic heterocycles. The molecule has 0 atom stereocenters. The van der Waals surface area contributed by atoms with Gasteiger partial charge in [0.05, 0.1) is 0 Å². The van der Waals surface area contributed by atoms with Crippen molar-refractivity contribution in [3.05, 3.63) is 88.3 Å². The molecule has 7 heteroatoms. The second kappa shape index (κ2) is 8.77. The van der Waals surface area contributed by atoms with Gasteiger partial charge in [-0.25, -0.2) is 4.68 Å². The third-order valence-electron chi connectivity index (χ3n) is 4.07. The fourth-order valence-corrected chi connectivity index (χ4v) is 2.56. The molecule has 3 aromatic rings. The topological polar surface area (TPSA) is 93.1 Å². The average Bonchev–Trinajstić information content (AvgIpc) is 2.71. The van der Waals surface area contributed by atoms with Gasteiger partial charge in [0.2, 0.25) is 5.91 Å². The lowest BCUT2D eigenvalue weighted by molar-refractivity contribution is -0.117. The van der Waals surface area contributed by atoms with E-state index in [1.807, 2.05) is 25.1 Å². The Morgan fingerprint density at radius 1 is 0.893 bits per heavy atom. The van der Waals surface area contributed by atoms with Crippen LogP contribution in [0.1, 0.15) is 23.0 Å². The number of benzene rings is 2. The van der Waals surface area contributed by atoms with Crippen LogP contribution in [0.15, 0.2) is 71.5 Å².